The van der Waals surface area contributed by atoms with Crippen molar-refractivity contribution in [2.75, 3.05) is 12.4 Å². The van der Waals surface area contributed by atoms with E-state index in [0.29, 0.717) is 15.2 Å². The van der Waals surface area contributed by atoms with Gasteiger partial charge in [-0.3, -0.25) is 8.98 Å². The van der Waals surface area contributed by atoms with Crippen molar-refractivity contribution in [3.05, 3.63) is 59.7 Å². The summed E-state index contributed by atoms with van der Waals surface area (Å²) in [6.45, 7) is 2.07. The Bertz CT molecular complexity index is 801. The van der Waals surface area contributed by atoms with Crippen LogP contribution in [0.4, 0.5) is 5.69 Å². The summed E-state index contributed by atoms with van der Waals surface area (Å²) in [6.07, 6.45) is 0. The number of hydrogen-bond donors (Lipinski definition) is 1. The Hall–Kier alpha value is -1.45. The van der Waals surface area contributed by atoms with Crippen LogP contribution in [0.3, 0.4) is 0 Å². The summed E-state index contributed by atoms with van der Waals surface area (Å²) in [6, 6.07) is 13.2. The van der Waals surface area contributed by atoms with E-state index in [2.05, 4.69) is 39.0 Å². The second-order valence-electron chi connectivity index (χ2n) is 4.84. The van der Waals surface area contributed by atoms with Crippen molar-refractivity contribution in [1.29, 1.82) is 0 Å². The zero-order valence-corrected chi connectivity index (χ0v) is 15.6. The van der Waals surface area contributed by atoms with Gasteiger partial charge in [0.05, 0.1) is 12.0 Å². The van der Waals surface area contributed by atoms with Gasteiger partial charge in [0.2, 0.25) is 0 Å². The molecule has 0 heterocycles. The fourth-order valence-corrected chi connectivity index (χ4v) is 2.99. The van der Waals surface area contributed by atoms with E-state index in [9.17, 15) is 13.2 Å². The van der Waals surface area contributed by atoms with E-state index in [1.54, 1.807) is 0 Å². The molecule has 23 heavy (non-hydrogen) atoms. The molecule has 2 aromatic rings. The van der Waals surface area contributed by atoms with Crippen LogP contribution in [0.15, 0.2) is 53.4 Å². The molecule has 0 radical (unpaired) electrons. The first kappa shape index (κ1) is 17.9. The van der Waals surface area contributed by atoms with Crippen LogP contribution in [-0.2, 0) is 14.3 Å². The van der Waals surface area contributed by atoms with Crippen molar-refractivity contribution in [3.63, 3.8) is 0 Å². The largest absolute Gasteiger partial charge is 0.322 e. The molecule has 0 saturated heterocycles. The minimum atomic E-state index is -3.75. The quantitative estimate of drug-likeness (QED) is 0.432. The maximum Gasteiger partial charge on any atom is 0.296 e. The maximum absolute atomic E-state index is 12.2. The molecular weight excluding hydrogens is 429 g/mol. The van der Waals surface area contributed by atoms with E-state index < -0.39 is 10.1 Å². The van der Waals surface area contributed by atoms with Gasteiger partial charge in [0, 0.05) is 15.2 Å². The molecule has 122 valence electrons. The molecule has 0 aliphatic heterocycles. The van der Waals surface area contributed by atoms with Gasteiger partial charge in [-0.2, -0.15) is 8.42 Å². The molecule has 0 saturated carbocycles. The number of carbonyl (C=O) groups excluding carboxylic acids is 1. The summed E-state index contributed by atoms with van der Waals surface area (Å²) in [5, 5.41) is 2.80. The number of nitrogens with one attached hydrogen (secondary N) is 1. The molecule has 7 heteroatoms. The van der Waals surface area contributed by atoms with Crippen LogP contribution in [0, 0.1) is 0 Å². The summed E-state index contributed by atoms with van der Waals surface area (Å²) in [4.78, 5) is 12.2. The lowest BCUT2D eigenvalue weighted by atomic mass is 10.1. The predicted octanol–water partition coefficient (Wildman–Crippen LogP) is 3.77. The van der Waals surface area contributed by atoms with Crippen molar-refractivity contribution in [3.8, 4) is 0 Å². The highest BCUT2D eigenvalue weighted by Crippen LogP contribution is 2.24. The lowest BCUT2D eigenvalue weighted by Crippen LogP contribution is -2.12. The van der Waals surface area contributed by atoms with Crippen molar-refractivity contribution in [1.82, 2.24) is 0 Å². The molecular formula is C16H16INO4S. The molecule has 1 N–H and O–H groups in total. The maximum atomic E-state index is 12.2. The van der Waals surface area contributed by atoms with Crippen LogP contribution in [0.25, 0.3) is 0 Å². The molecule has 0 spiro atoms. The number of hydrogen-bond acceptors (Lipinski definition) is 4. The van der Waals surface area contributed by atoms with Gasteiger partial charge in [-0.15, -0.1) is 0 Å². The van der Waals surface area contributed by atoms with Gasteiger partial charge in [0.25, 0.3) is 16.0 Å². The van der Waals surface area contributed by atoms with Gasteiger partial charge < -0.3 is 5.32 Å². The van der Waals surface area contributed by atoms with Gasteiger partial charge >= 0.3 is 0 Å². The summed E-state index contributed by atoms with van der Waals surface area (Å²) >= 11 is 2.30. The van der Waals surface area contributed by atoms with Crippen molar-refractivity contribution >= 4 is 44.3 Å². The van der Waals surface area contributed by atoms with E-state index in [-0.39, 0.29) is 10.8 Å². The molecule has 5 nitrogen and oxygen atoms in total. The highest BCUT2D eigenvalue weighted by Gasteiger charge is 2.14. The Balaban J connectivity index is 2.17. The summed E-state index contributed by atoms with van der Waals surface area (Å²) < 4.78 is 27.9. The zero-order valence-electron chi connectivity index (χ0n) is 12.6. The third-order valence-corrected chi connectivity index (χ3v) is 5.24. The molecule has 0 bridgehead atoms. The topological polar surface area (TPSA) is 72.5 Å². The molecule has 2 rings (SSSR count). The first-order valence-electron chi connectivity index (χ1n) is 6.79. The van der Waals surface area contributed by atoms with Gasteiger partial charge in [-0.25, -0.2) is 0 Å². The van der Waals surface area contributed by atoms with E-state index >= 15 is 0 Å². The number of benzene rings is 2. The number of amides is 1. The predicted molar refractivity (Wildman–Crippen MR) is 97.5 cm³/mol. The highest BCUT2D eigenvalue weighted by molar-refractivity contribution is 14.1. The third kappa shape index (κ3) is 4.52. The van der Waals surface area contributed by atoms with E-state index in [4.69, 9.17) is 0 Å². The van der Waals surface area contributed by atoms with Crippen molar-refractivity contribution in [2.24, 2.45) is 0 Å². The smallest absolute Gasteiger partial charge is 0.296 e. The molecule has 0 aliphatic rings. The Morgan fingerprint density at radius 2 is 1.83 bits per heavy atom. The monoisotopic (exact) mass is 445 g/mol. The van der Waals surface area contributed by atoms with Crippen LogP contribution in [-0.4, -0.2) is 21.4 Å². The number of rotatable bonds is 5. The minimum Gasteiger partial charge on any atom is -0.322 e. The van der Waals surface area contributed by atoms with Crippen LogP contribution in [0.5, 0.6) is 0 Å². The SMILES string of the molecule is COS(=O)(=O)c1ccc(C(=O)Nc2cccc(C(C)I)c2)cc1. The normalized spacial score (nSPS) is 12.7. The fourth-order valence-electron chi connectivity index (χ4n) is 1.94. The molecule has 2 aromatic carbocycles. The third-order valence-electron chi connectivity index (χ3n) is 3.23. The second-order valence-corrected chi connectivity index (χ2v) is 8.42. The second kappa shape index (κ2) is 7.41. The van der Waals surface area contributed by atoms with Gasteiger partial charge in [0.1, 0.15) is 0 Å². The van der Waals surface area contributed by atoms with E-state index in [1.165, 1.54) is 24.3 Å². The van der Waals surface area contributed by atoms with Crippen LogP contribution < -0.4 is 5.32 Å². The lowest BCUT2D eigenvalue weighted by molar-refractivity contribution is 0.102. The van der Waals surface area contributed by atoms with Crippen LogP contribution >= 0.6 is 22.6 Å². The molecule has 0 fully saturated rings. The molecule has 0 aliphatic carbocycles. The van der Waals surface area contributed by atoms with Gasteiger partial charge in [-0.05, 0) is 48.9 Å². The molecule has 1 atom stereocenters. The van der Waals surface area contributed by atoms with Gasteiger partial charge in [-0.1, -0.05) is 34.7 Å². The molecule has 1 unspecified atom stereocenters. The standard InChI is InChI=1S/C16H16INO4S/c1-11(17)13-4-3-5-14(10-13)18-16(19)12-6-8-15(9-7-12)23(20,21)22-2/h3-11H,1-2H3,(H,18,19). The summed E-state index contributed by atoms with van der Waals surface area (Å²) in [5.74, 6) is -0.301. The summed E-state index contributed by atoms with van der Waals surface area (Å²) in [5.41, 5.74) is 2.18. The average Bonchev–Trinajstić information content (AvgIpc) is 2.55. The van der Waals surface area contributed by atoms with E-state index in [1.807, 2.05) is 24.3 Å². The fraction of sp³-hybridized carbons (Fsp3) is 0.188. The molecule has 1 amide bonds. The highest BCUT2D eigenvalue weighted by atomic mass is 127. The molecule has 0 aromatic heterocycles. The van der Waals surface area contributed by atoms with Crippen LogP contribution in [0.1, 0.15) is 26.8 Å². The number of halogens is 1. The lowest BCUT2D eigenvalue weighted by Gasteiger charge is -2.09. The number of anilines is 1. The Kier molecular flexibility index (Phi) is 5.77. The number of alkyl halides is 1. The Morgan fingerprint density at radius 1 is 1.17 bits per heavy atom. The van der Waals surface area contributed by atoms with Crippen molar-refractivity contribution < 1.29 is 17.4 Å². The zero-order chi connectivity index (χ0) is 17.0. The Morgan fingerprint density at radius 3 is 2.39 bits per heavy atom. The summed E-state index contributed by atoms with van der Waals surface area (Å²) in [7, 11) is -2.65. The average molecular weight is 445 g/mol. The van der Waals surface area contributed by atoms with Crippen molar-refractivity contribution in [2.45, 2.75) is 15.7 Å². The first-order chi connectivity index (χ1) is 10.8. The first-order valence-corrected chi connectivity index (χ1v) is 9.45. The minimum absolute atomic E-state index is 0.0114. The Labute approximate surface area is 149 Å². The van der Waals surface area contributed by atoms with Gasteiger partial charge in [0.15, 0.2) is 0 Å². The van der Waals surface area contributed by atoms with E-state index in [0.717, 1.165) is 12.7 Å². The van der Waals surface area contributed by atoms with Crippen LogP contribution in [0.2, 0.25) is 0 Å². The number of carbonyl (C=O) groups is 1.